The van der Waals surface area contributed by atoms with Crippen molar-refractivity contribution in [1.29, 1.82) is 0 Å². The number of benzene rings is 2. The van der Waals surface area contributed by atoms with Crippen LogP contribution in [0.3, 0.4) is 0 Å². The van der Waals surface area contributed by atoms with Gasteiger partial charge in [-0.3, -0.25) is 12.4 Å². The van der Waals surface area contributed by atoms with Crippen LogP contribution in [-0.2, 0) is 6.54 Å². The molecular formula is C28H22FIN4O2S. The van der Waals surface area contributed by atoms with Crippen molar-refractivity contribution < 1.29 is 9.18 Å². The Morgan fingerprint density at radius 1 is 1.05 bits per heavy atom. The summed E-state index contributed by atoms with van der Waals surface area (Å²) in [6.45, 7) is 2.33. The minimum atomic E-state index is -0.318. The third-order valence-corrected chi connectivity index (χ3v) is 7.85. The molecule has 2 N–H and O–H groups in total. The van der Waals surface area contributed by atoms with E-state index in [1.54, 1.807) is 44.6 Å². The molecule has 0 radical (unpaired) electrons. The van der Waals surface area contributed by atoms with Gasteiger partial charge < -0.3 is 10.6 Å². The summed E-state index contributed by atoms with van der Waals surface area (Å²) in [4.78, 5) is 32.0. The first-order chi connectivity index (χ1) is 17.9. The number of anilines is 1. The molecule has 37 heavy (non-hydrogen) atoms. The molecule has 6 nitrogen and oxygen atoms in total. The Hall–Kier alpha value is -3.57. The number of hydrogen-bond donors (Lipinski definition) is 2. The van der Waals surface area contributed by atoms with Crippen LogP contribution in [0.2, 0.25) is 0 Å². The number of nitrogens with zero attached hydrogens (tertiary/aromatic N) is 2. The third-order valence-electron chi connectivity index (χ3n) is 6.01. The molecule has 0 aliphatic rings. The molecule has 5 rings (SSSR count). The lowest BCUT2D eigenvalue weighted by molar-refractivity contribution is 0.0940. The van der Waals surface area contributed by atoms with E-state index in [9.17, 15) is 14.0 Å². The molecule has 1 unspecified atom stereocenters. The molecule has 3 aromatic heterocycles. The molecule has 0 bridgehead atoms. The van der Waals surface area contributed by atoms with E-state index >= 15 is 0 Å². The van der Waals surface area contributed by atoms with Crippen molar-refractivity contribution in [2.75, 3.05) is 5.32 Å². The Balaban J connectivity index is 1.32. The lowest BCUT2D eigenvalue weighted by atomic mass is 10.1. The minimum Gasteiger partial charge on any atom is -0.365 e. The number of aromatic nitrogens is 2. The van der Waals surface area contributed by atoms with Gasteiger partial charge in [0.1, 0.15) is 11.6 Å². The number of carbonyl (C=O) groups excluding carboxylic acids is 1. The summed E-state index contributed by atoms with van der Waals surface area (Å²) in [6, 6.07) is 20.9. The highest BCUT2D eigenvalue weighted by Gasteiger charge is 2.16. The maximum absolute atomic E-state index is 13.2. The number of nitrogens with one attached hydrogen (secondary N) is 2. The molecule has 9 heteroatoms. The van der Waals surface area contributed by atoms with Crippen LogP contribution in [0.5, 0.6) is 0 Å². The van der Waals surface area contributed by atoms with E-state index in [1.165, 1.54) is 12.1 Å². The number of pyridine rings is 2. The van der Waals surface area contributed by atoms with Gasteiger partial charge in [0.25, 0.3) is 11.5 Å². The zero-order chi connectivity index (χ0) is 25.9. The van der Waals surface area contributed by atoms with E-state index in [4.69, 9.17) is 0 Å². The maximum atomic E-state index is 13.2. The molecule has 0 spiro atoms. The van der Waals surface area contributed by atoms with Crippen LogP contribution in [-0.4, -0.2) is 13.7 Å². The quantitative estimate of drug-likeness (QED) is 0.201. The van der Waals surface area contributed by atoms with Crippen LogP contribution in [0.1, 0.15) is 33.8 Å². The average molecular weight is 624 g/mol. The second-order valence-corrected chi connectivity index (χ2v) is 10.7. The van der Waals surface area contributed by atoms with Gasteiger partial charge in [0, 0.05) is 33.1 Å². The molecule has 0 fully saturated rings. The van der Waals surface area contributed by atoms with Crippen molar-refractivity contribution in [1.82, 2.24) is 13.1 Å². The van der Waals surface area contributed by atoms with E-state index < -0.39 is 0 Å². The van der Waals surface area contributed by atoms with Gasteiger partial charge in [-0.15, -0.1) is 11.3 Å². The normalized spacial score (nSPS) is 11.9. The standard InChI is InChI=1S/C28H22FIN4O2S/c1-17(18-8-10-19(29)11-9-18)33-27(35)23-7-4-14-31-26(23)32-15-20-12-13-25(37-20)24-16-34(30)28(36)22-6-3-2-5-21(22)24/h2-14,16-17H,15H2,1H3,(H,31,32)(H,33,35). The number of hydrogen-bond acceptors (Lipinski definition) is 5. The topological polar surface area (TPSA) is 76.0 Å². The molecule has 186 valence electrons. The van der Waals surface area contributed by atoms with Gasteiger partial charge in [-0.25, -0.2) is 9.37 Å². The Morgan fingerprint density at radius 2 is 1.81 bits per heavy atom. The number of carbonyl (C=O) groups is 1. The molecule has 1 atom stereocenters. The van der Waals surface area contributed by atoms with Crippen LogP contribution >= 0.6 is 34.2 Å². The number of halogens is 2. The third kappa shape index (κ3) is 5.42. The van der Waals surface area contributed by atoms with Gasteiger partial charge in [-0.05, 0) is 60.3 Å². The highest BCUT2D eigenvalue weighted by molar-refractivity contribution is 14.1. The molecule has 0 aliphatic heterocycles. The summed E-state index contributed by atoms with van der Waals surface area (Å²) in [5.74, 6) is -0.107. The van der Waals surface area contributed by atoms with E-state index in [2.05, 4.69) is 15.6 Å². The van der Waals surface area contributed by atoms with Crippen molar-refractivity contribution >= 4 is 56.7 Å². The predicted octanol–water partition coefficient (Wildman–Crippen LogP) is 6.57. The van der Waals surface area contributed by atoms with Crippen molar-refractivity contribution in [3.8, 4) is 10.4 Å². The summed E-state index contributed by atoms with van der Waals surface area (Å²) in [5.41, 5.74) is 2.20. The highest BCUT2D eigenvalue weighted by atomic mass is 127. The molecule has 2 aromatic carbocycles. The van der Waals surface area contributed by atoms with Crippen LogP contribution in [0, 0.1) is 5.82 Å². The van der Waals surface area contributed by atoms with Gasteiger partial charge in [0.05, 0.1) is 41.0 Å². The number of thiophene rings is 1. The smallest absolute Gasteiger partial charge is 0.267 e. The van der Waals surface area contributed by atoms with E-state index in [-0.39, 0.29) is 23.3 Å². The largest absolute Gasteiger partial charge is 0.365 e. The molecule has 0 saturated heterocycles. The second kappa shape index (κ2) is 10.8. The lowest BCUT2D eigenvalue weighted by Crippen LogP contribution is -2.27. The zero-order valence-electron chi connectivity index (χ0n) is 19.7. The highest BCUT2D eigenvalue weighted by Crippen LogP contribution is 2.33. The fourth-order valence-corrected chi connectivity index (χ4v) is 5.59. The summed E-state index contributed by atoms with van der Waals surface area (Å²) >= 11 is 3.63. The van der Waals surface area contributed by atoms with Crippen molar-refractivity contribution in [2.45, 2.75) is 19.5 Å². The maximum Gasteiger partial charge on any atom is 0.267 e. The fraction of sp³-hybridized carbons (Fsp3) is 0.107. The molecule has 0 aliphatic carbocycles. The van der Waals surface area contributed by atoms with Gasteiger partial charge in [-0.1, -0.05) is 30.3 Å². The molecule has 3 heterocycles. The minimum absolute atomic E-state index is 0.0342. The average Bonchev–Trinajstić information content (AvgIpc) is 3.39. The number of fused-ring (bicyclic) bond motifs is 1. The van der Waals surface area contributed by atoms with Crippen LogP contribution in [0.15, 0.2) is 90.0 Å². The zero-order valence-corrected chi connectivity index (χ0v) is 22.7. The van der Waals surface area contributed by atoms with Crippen molar-refractivity contribution in [2.24, 2.45) is 0 Å². The monoisotopic (exact) mass is 624 g/mol. The summed E-state index contributed by atoms with van der Waals surface area (Å²) in [5, 5.41) is 7.84. The lowest BCUT2D eigenvalue weighted by Gasteiger charge is -2.16. The molecular weight excluding hydrogens is 602 g/mol. The number of rotatable bonds is 7. The second-order valence-electron chi connectivity index (χ2n) is 8.47. The fourth-order valence-electron chi connectivity index (χ4n) is 4.08. The van der Waals surface area contributed by atoms with Crippen molar-refractivity contribution in [3.05, 3.63) is 117 Å². The molecule has 1 amide bonds. The summed E-state index contributed by atoms with van der Waals surface area (Å²) < 4.78 is 14.8. The van der Waals surface area contributed by atoms with Crippen LogP contribution in [0.4, 0.5) is 10.2 Å². The van der Waals surface area contributed by atoms with Gasteiger partial charge in [0.2, 0.25) is 0 Å². The Kier molecular flexibility index (Phi) is 7.33. The van der Waals surface area contributed by atoms with E-state index in [0.717, 1.165) is 26.3 Å². The Labute approximate surface area is 230 Å². The van der Waals surface area contributed by atoms with E-state index in [1.807, 2.05) is 72.4 Å². The van der Waals surface area contributed by atoms with Gasteiger partial charge in [0.15, 0.2) is 0 Å². The Morgan fingerprint density at radius 3 is 2.59 bits per heavy atom. The van der Waals surface area contributed by atoms with E-state index in [0.29, 0.717) is 23.3 Å². The molecule has 5 aromatic rings. The first kappa shape index (κ1) is 25.1. The van der Waals surface area contributed by atoms with Gasteiger partial charge in [-0.2, -0.15) is 0 Å². The summed E-state index contributed by atoms with van der Waals surface area (Å²) in [7, 11) is 0. The Bertz CT molecular complexity index is 1650. The predicted molar refractivity (Wildman–Crippen MR) is 155 cm³/mol. The summed E-state index contributed by atoms with van der Waals surface area (Å²) in [6.07, 6.45) is 3.50. The molecule has 0 saturated carbocycles. The van der Waals surface area contributed by atoms with Crippen molar-refractivity contribution in [3.63, 3.8) is 0 Å². The number of amides is 1. The van der Waals surface area contributed by atoms with Crippen LogP contribution < -0.4 is 16.2 Å². The SMILES string of the molecule is CC(NC(=O)c1cccnc1NCc1ccc(-c2cn(I)c(=O)c3ccccc23)s1)c1ccc(F)cc1. The first-order valence-electron chi connectivity index (χ1n) is 11.6. The van der Waals surface area contributed by atoms with Gasteiger partial charge >= 0.3 is 0 Å². The van der Waals surface area contributed by atoms with Crippen LogP contribution in [0.25, 0.3) is 21.2 Å². The first-order valence-corrected chi connectivity index (χ1v) is 13.3.